The predicted octanol–water partition coefficient (Wildman–Crippen LogP) is 8.05. The molecular weight excluding hydrogens is 1050 g/mol. The Balaban J connectivity index is 1.57. The smallest absolute Gasteiger partial charge is 0.416 e. The molecule has 0 bridgehead atoms. The summed E-state index contributed by atoms with van der Waals surface area (Å²) in [6.45, 7) is 10.8. The lowest BCUT2D eigenvalue weighted by Gasteiger charge is -2.32. The van der Waals surface area contributed by atoms with E-state index in [1.165, 1.54) is 41.9 Å². The zero-order chi connectivity index (χ0) is 53.6. The Morgan fingerprint density at radius 3 is 2.33 bits per heavy atom. The SMILES string of the molecule is COC(=O)CCN(CCC[C@@H]1NCc2cccnc2Sc2c(Cl)ccc(Br)c2CNC(=O)[C@H](Cc2cn(C(=O)O)c3ccccc23)N(C)C(=O)[C@H](CCCCNC(=O)OC(C)(C)C)NC1=O)C(=O)OC(C)(C)C. The number of hydrogen-bond donors (Lipinski definition) is 5. The number of nitrogens with zero attached hydrogens (tertiary/aromatic N) is 4. The van der Waals surface area contributed by atoms with Gasteiger partial charge in [0.1, 0.15) is 28.3 Å². The van der Waals surface area contributed by atoms with Crippen molar-refractivity contribution in [2.24, 2.45) is 0 Å². The molecule has 3 atom stereocenters. The number of amides is 5. The van der Waals surface area contributed by atoms with Gasteiger partial charge in [-0.25, -0.2) is 19.4 Å². The number of benzene rings is 2. The average Bonchev–Trinajstić information content (AvgIpc) is 3.70. The molecule has 396 valence electrons. The van der Waals surface area contributed by atoms with Crippen LogP contribution in [-0.4, -0.2) is 130 Å². The normalized spacial score (nSPS) is 17.1. The van der Waals surface area contributed by atoms with Crippen molar-refractivity contribution in [2.75, 3.05) is 33.8 Å². The van der Waals surface area contributed by atoms with E-state index in [1.54, 1.807) is 90.2 Å². The maximum atomic E-state index is 15.1. The molecule has 5 N–H and O–H groups in total. The van der Waals surface area contributed by atoms with E-state index in [0.717, 1.165) is 4.57 Å². The van der Waals surface area contributed by atoms with E-state index in [0.29, 0.717) is 59.9 Å². The summed E-state index contributed by atoms with van der Waals surface area (Å²) in [6.07, 6.45) is 1.59. The number of aromatic nitrogens is 2. The second kappa shape index (κ2) is 26.4. The lowest BCUT2D eigenvalue weighted by atomic mass is 10.0. The molecule has 0 radical (unpaired) electrons. The number of likely N-dealkylation sites (N-methyl/N-ethyl adjacent to an activating group) is 1. The second-order valence-corrected chi connectivity index (χ2v) is 21.7. The molecule has 1 aliphatic heterocycles. The predicted molar refractivity (Wildman–Crippen MR) is 279 cm³/mol. The monoisotopic (exact) mass is 1110 g/mol. The molecule has 0 saturated heterocycles. The van der Waals surface area contributed by atoms with E-state index in [-0.39, 0.29) is 64.8 Å². The molecule has 73 heavy (non-hydrogen) atoms. The van der Waals surface area contributed by atoms with Crippen LogP contribution >= 0.6 is 39.3 Å². The number of rotatable bonds is 14. The Bertz CT molecular complexity index is 2640. The van der Waals surface area contributed by atoms with E-state index < -0.39 is 71.3 Å². The number of para-hydroxylation sites is 1. The number of alkyl carbamates (subject to hydrolysis) is 1. The van der Waals surface area contributed by atoms with Crippen LogP contribution in [0.5, 0.6) is 0 Å². The van der Waals surface area contributed by atoms with Crippen molar-refractivity contribution in [1.82, 2.24) is 40.6 Å². The van der Waals surface area contributed by atoms with Crippen molar-refractivity contribution < 1.29 is 52.9 Å². The van der Waals surface area contributed by atoms with Gasteiger partial charge in [0, 0.05) is 78.9 Å². The van der Waals surface area contributed by atoms with Gasteiger partial charge in [-0.1, -0.05) is 63.6 Å². The Labute approximate surface area is 443 Å². The molecule has 0 unspecified atom stereocenters. The maximum Gasteiger partial charge on any atom is 0.416 e. The van der Waals surface area contributed by atoms with Gasteiger partial charge in [0.2, 0.25) is 17.7 Å². The molecule has 5 rings (SSSR count). The number of carbonyl (C=O) groups excluding carboxylic acids is 6. The highest BCUT2D eigenvalue weighted by atomic mass is 79.9. The summed E-state index contributed by atoms with van der Waals surface area (Å²) in [5, 5.41) is 23.8. The van der Waals surface area contributed by atoms with Gasteiger partial charge in [-0.3, -0.25) is 23.7 Å². The van der Waals surface area contributed by atoms with Crippen LogP contribution in [0, 0.1) is 0 Å². The van der Waals surface area contributed by atoms with Crippen LogP contribution in [0.4, 0.5) is 14.4 Å². The third-order valence-corrected chi connectivity index (χ3v) is 14.0. The molecule has 5 amide bonds. The fourth-order valence-electron chi connectivity index (χ4n) is 7.98. The number of fused-ring (bicyclic) bond motifs is 3. The van der Waals surface area contributed by atoms with Crippen molar-refractivity contribution in [1.29, 1.82) is 0 Å². The summed E-state index contributed by atoms with van der Waals surface area (Å²) >= 11 is 11.8. The molecule has 3 heterocycles. The van der Waals surface area contributed by atoms with Gasteiger partial charge in [-0.15, -0.1) is 0 Å². The number of carbonyl (C=O) groups is 7. The van der Waals surface area contributed by atoms with Crippen molar-refractivity contribution >= 4 is 92.2 Å². The molecule has 22 heteroatoms. The van der Waals surface area contributed by atoms with E-state index >= 15 is 4.79 Å². The Kier molecular flexibility index (Phi) is 20.9. The van der Waals surface area contributed by atoms with Crippen molar-refractivity contribution in [2.45, 2.75) is 139 Å². The van der Waals surface area contributed by atoms with E-state index in [4.69, 9.17) is 25.8 Å². The number of ether oxygens (including phenoxy) is 3. The summed E-state index contributed by atoms with van der Waals surface area (Å²) in [7, 11) is 2.72. The number of halogens is 2. The molecule has 1 aliphatic rings. The quantitative estimate of drug-likeness (QED) is 0.0456. The molecule has 2 aromatic heterocycles. The van der Waals surface area contributed by atoms with Gasteiger partial charge in [0.15, 0.2) is 0 Å². The minimum absolute atomic E-state index is 0.000437. The summed E-state index contributed by atoms with van der Waals surface area (Å²) in [4.78, 5) is 103. The first-order valence-electron chi connectivity index (χ1n) is 24.0. The Morgan fingerprint density at radius 1 is 0.918 bits per heavy atom. The molecule has 19 nitrogen and oxygen atoms in total. The third kappa shape index (κ3) is 17.1. The number of methoxy groups -OCH3 is 1. The van der Waals surface area contributed by atoms with Crippen molar-refractivity contribution in [3.8, 4) is 0 Å². The lowest BCUT2D eigenvalue weighted by molar-refractivity contribution is -0.142. The maximum absolute atomic E-state index is 15.1. The van der Waals surface area contributed by atoms with Gasteiger partial charge in [-0.2, -0.15) is 0 Å². The topological polar surface area (TPSA) is 240 Å². The van der Waals surface area contributed by atoms with Gasteiger partial charge in [-0.05, 0) is 109 Å². The third-order valence-electron chi connectivity index (χ3n) is 11.6. The highest BCUT2D eigenvalue weighted by molar-refractivity contribution is 9.10. The number of carboxylic acid groups (broad SMARTS) is 1. The van der Waals surface area contributed by atoms with Crippen LogP contribution in [0.2, 0.25) is 5.02 Å². The van der Waals surface area contributed by atoms with E-state index in [9.17, 15) is 33.9 Å². The number of unbranched alkanes of at least 4 members (excludes halogenated alkanes) is 1. The van der Waals surface area contributed by atoms with Crippen molar-refractivity contribution in [3.63, 3.8) is 0 Å². The number of pyridine rings is 1. The van der Waals surface area contributed by atoms with Crippen LogP contribution in [0.1, 0.15) is 96.8 Å². The molecule has 4 aromatic rings. The van der Waals surface area contributed by atoms with Crippen LogP contribution in [0.25, 0.3) is 10.9 Å². The largest absolute Gasteiger partial charge is 0.469 e. The Hall–Kier alpha value is -5.90. The zero-order valence-electron chi connectivity index (χ0n) is 42.5. The number of esters is 1. The van der Waals surface area contributed by atoms with Crippen LogP contribution < -0.4 is 21.3 Å². The second-order valence-electron chi connectivity index (χ2n) is 19.5. The van der Waals surface area contributed by atoms with Crippen LogP contribution in [0.3, 0.4) is 0 Å². The van der Waals surface area contributed by atoms with E-state index in [1.807, 2.05) is 6.07 Å². The number of hydrogen-bond acceptors (Lipinski definition) is 13. The Morgan fingerprint density at radius 2 is 1.63 bits per heavy atom. The number of nitrogens with one attached hydrogen (secondary N) is 4. The zero-order valence-corrected chi connectivity index (χ0v) is 45.6. The first-order chi connectivity index (χ1) is 34.5. The fraction of sp³-hybridized carbons (Fsp3) is 0.490. The molecule has 0 aliphatic carbocycles. The van der Waals surface area contributed by atoms with E-state index in [2.05, 4.69) is 42.2 Å². The fourth-order valence-corrected chi connectivity index (χ4v) is 9.92. The van der Waals surface area contributed by atoms with Gasteiger partial charge >= 0.3 is 24.2 Å². The van der Waals surface area contributed by atoms with Crippen LogP contribution in [-0.2, 0) is 52.9 Å². The first kappa shape index (κ1) is 58.0. The first-order valence-corrected chi connectivity index (χ1v) is 26.0. The van der Waals surface area contributed by atoms with Crippen LogP contribution in [0.15, 0.2) is 75.3 Å². The highest BCUT2D eigenvalue weighted by Crippen LogP contribution is 2.40. The standard InChI is InChI=1S/C51H66BrClN8O11S/c1-50(2,3)71-47(66)55-23-12-11-17-38-46(65)59(7)40(27-32-30-61(48(67)68)39-19-10-9-16-33(32)39)44(64)57-29-34-35(52)20-21-36(53)42(34)73-45-31(15-13-24-54-45)28-56-37(43(63)58-38)18-14-25-60(26-22-41(62)70-8)49(69)72-51(4,5)6/h9-10,13,15-16,19-21,24,30,37-38,40,56H,11-12,14,17-18,22-23,25-29H2,1-8H3,(H,55,66)(H,57,64)(H,58,63)(H,67,68)/t37-,38-,40-/m0/s1. The summed E-state index contributed by atoms with van der Waals surface area (Å²) in [5.74, 6) is -2.24. The van der Waals surface area contributed by atoms with Gasteiger partial charge < -0.3 is 50.4 Å². The molecule has 0 saturated carbocycles. The lowest BCUT2D eigenvalue weighted by Crippen LogP contribution is -2.57. The highest BCUT2D eigenvalue weighted by Gasteiger charge is 2.35. The van der Waals surface area contributed by atoms with Gasteiger partial charge in [0.25, 0.3) is 0 Å². The summed E-state index contributed by atoms with van der Waals surface area (Å²) in [6, 6.07) is 10.5. The van der Waals surface area contributed by atoms with Gasteiger partial charge in [0.05, 0.1) is 30.1 Å². The molecule has 2 aromatic carbocycles. The molecular formula is C51H66BrClN8O11S. The molecule has 0 spiro atoms. The summed E-state index contributed by atoms with van der Waals surface area (Å²) in [5.41, 5.74) is 0.664. The minimum Gasteiger partial charge on any atom is -0.469 e. The van der Waals surface area contributed by atoms with Crippen molar-refractivity contribution in [3.05, 3.63) is 87.1 Å². The molecule has 0 fully saturated rings. The summed E-state index contributed by atoms with van der Waals surface area (Å²) < 4.78 is 17.6. The average molecular weight is 1110 g/mol. The minimum atomic E-state index is -1.24.